The van der Waals surface area contributed by atoms with Crippen LogP contribution in [0, 0.1) is 0 Å². The van der Waals surface area contributed by atoms with Crippen molar-refractivity contribution >= 4 is 23.2 Å². The summed E-state index contributed by atoms with van der Waals surface area (Å²) in [7, 11) is 0. The van der Waals surface area contributed by atoms with Crippen molar-refractivity contribution in [2.75, 3.05) is 17.2 Å². The Bertz CT molecular complexity index is 1560. The summed E-state index contributed by atoms with van der Waals surface area (Å²) in [6.45, 7) is 4.40. The Labute approximate surface area is 242 Å². The van der Waals surface area contributed by atoms with Gasteiger partial charge in [-0.2, -0.15) is 0 Å². The quantitative estimate of drug-likeness (QED) is 0.353. The third-order valence-electron chi connectivity index (χ3n) is 8.19. The van der Waals surface area contributed by atoms with Gasteiger partial charge in [0.05, 0.1) is 17.7 Å². The molecule has 3 fully saturated rings. The molecule has 2 amide bonds. The summed E-state index contributed by atoms with van der Waals surface area (Å²) in [4.78, 5) is 35.7. The van der Waals surface area contributed by atoms with Crippen molar-refractivity contribution in [2.24, 2.45) is 0 Å². The van der Waals surface area contributed by atoms with Gasteiger partial charge in [0.25, 0.3) is 11.8 Å². The van der Waals surface area contributed by atoms with Gasteiger partial charge in [-0.25, -0.2) is 4.90 Å². The standard InChI is InChI=1S/C32H29N5O5/c1-31(22-9-3-11-24(15-22)35-27(38)20-7-5-13-33-17-20)29-37-26(19-40-29)41-32(2,30(37)42-31)23-10-4-12-25(16-23)36-28(39)21-8-6-14-34-18-21/h3-18,26,29-30H,19H2,1-2H3,(H,35,38)(H,36,39)/t26-,29-,30-,31+,32+/m0/s1. The molecule has 212 valence electrons. The molecule has 4 aromatic rings. The van der Waals surface area contributed by atoms with Gasteiger partial charge >= 0.3 is 0 Å². The molecule has 10 nitrogen and oxygen atoms in total. The molecule has 5 atom stereocenters. The van der Waals surface area contributed by atoms with Crippen LogP contribution in [0.2, 0.25) is 0 Å². The van der Waals surface area contributed by atoms with Crippen LogP contribution in [0.25, 0.3) is 0 Å². The topological polar surface area (TPSA) is 115 Å². The number of carbonyl (C=O) groups excluding carboxylic acids is 2. The summed E-state index contributed by atoms with van der Waals surface area (Å²) in [5.41, 5.74) is 2.28. The molecular formula is C32H29N5O5. The minimum absolute atomic E-state index is 0.244. The van der Waals surface area contributed by atoms with E-state index < -0.39 is 23.7 Å². The highest BCUT2D eigenvalue weighted by Crippen LogP contribution is 2.56. The minimum atomic E-state index is -0.842. The first-order chi connectivity index (χ1) is 20.3. The van der Waals surface area contributed by atoms with Crippen LogP contribution >= 0.6 is 0 Å². The number of nitrogens with zero attached hydrogens (tertiary/aromatic N) is 3. The van der Waals surface area contributed by atoms with Crippen LogP contribution in [0.3, 0.4) is 0 Å². The molecule has 2 aromatic heterocycles. The monoisotopic (exact) mass is 563 g/mol. The highest BCUT2D eigenvalue weighted by molar-refractivity contribution is 6.04. The fourth-order valence-corrected chi connectivity index (χ4v) is 6.03. The van der Waals surface area contributed by atoms with E-state index in [9.17, 15) is 9.59 Å². The summed E-state index contributed by atoms with van der Waals surface area (Å²) < 4.78 is 19.7. The Balaban J connectivity index is 1.15. The van der Waals surface area contributed by atoms with E-state index in [4.69, 9.17) is 14.2 Å². The molecule has 2 aromatic carbocycles. The maximum atomic E-state index is 12.8. The second-order valence-electron chi connectivity index (χ2n) is 10.9. The van der Waals surface area contributed by atoms with E-state index in [0.29, 0.717) is 29.1 Å². The van der Waals surface area contributed by atoms with Crippen molar-refractivity contribution in [3.05, 3.63) is 120 Å². The fourth-order valence-electron chi connectivity index (χ4n) is 6.03. The average Bonchev–Trinajstić information content (AvgIpc) is 3.67. The fraction of sp³-hybridized carbons (Fsp3) is 0.250. The van der Waals surface area contributed by atoms with Gasteiger partial charge in [-0.15, -0.1) is 0 Å². The molecule has 3 aliphatic rings. The normalized spacial score (nSPS) is 27.9. The Morgan fingerprint density at radius 2 is 1.31 bits per heavy atom. The van der Waals surface area contributed by atoms with Crippen molar-refractivity contribution in [1.29, 1.82) is 0 Å². The number of hydrogen-bond donors (Lipinski definition) is 2. The lowest BCUT2D eigenvalue weighted by Gasteiger charge is -2.33. The third-order valence-corrected chi connectivity index (χ3v) is 8.19. The molecule has 0 radical (unpaired) electrons. The first kappa shape index (κ1) is 26.4. The lowest BCUT2D eigenvalue weighted by molar-refractivity contribution is -0.138. The van der Waals surface area contributed by atoms with Crippen LogP contribution in [0.15, 0.2) is 97.6 Å². The summed E-state index contributed by atoms with van der Waals surface area (Å²) in [5.74, 6) is -0.487. The smallest absolute Gasteiger partial charge is 0.257 e. The van der Waals surface area contributed by atoms with E-state index in [0.717, 1.165) is 11.1 Å². The molecule has 42 heavy (non-hydrogen) atoms. The van der Waals surface area contributed by atoms with Crippen LogP contribution in [0.5, 0.6) is 0 Å². The lowest BCUT2D eigenvalue weighted by atomic mass is 9.93. The number of amides is 2. The molecule has 0 bridgehead atoms. The number of benzene rings is 2. The van der Waals surface area contributed by atoms with E-state index in [1.807, 2.05) is 62.4 Å². The van der Waals surface area contributed by atoms with Gasteiger partial charge in [0.15, 0.2) is 0 Å². The molecule has 0 spiro atoms. The maximum absolute atomic E-state index is 12.8. The minimum Gasteiger partial charge on any atom is -0.355 e. The molecule has 2 N–H and O–H groups in total. The van der Waals surface area contributed by atoms with Crippen LogP contribution in [0.1, 0.15) is 45.7 Å². The number of nitrogens with one attached hydrogen (secondary N) is 2. The molecule has 3 aliphatic heterocycles. The second-order valence-corrected chi connectivity index (χ2v) is 10.9. The van der Waals surface area contributed by atoms with E-state index in [1.54, 1.807) is 36.7 Å². The predicted octanol–water partition coefficient (Wildman–Crippen LogP) is 4.48. The number of hydrogen-bond acceptors (Lipinski definition) is 8. The van der Waals surface area contributed by atoms with Crippen LogP contribution in [-0.2, 0) is 25.4 Å². The molecule has 3 saturated heterocycles. The van der Waals surface area contributed by atoms with Crippen molar-refractivity contribution in [2.45, 2.75) is 43.7 Å². The van der Waals surface area contributed by atoms with E-state index in [-0.39, 0.29) is 18.0 Å². The zero-order chi connectivity index (χ0) is 28.9. The summed E-state index contributed by atoms with van der Waals surface area (Å²) in [5, 5.41) is 5.91. The van der Waals surface area contributed by atoms with Crippen LogP contribution < -0.4 is 10.6 Å². The van der Waals surface area contributed by atoms with Gasteiger partial charge in [0.1, 0.15) is 29.9 Å². The molecule has 0 saturated carbocycles. The number of aromatic nitrogens is 2. The Morgan fingerprint density at radius 1 is 0.762 bits per heavy atom. The largest absolute Gasteiger partial charge is 0.355 e. The van der Waals surface area contributed by atoms with Crippen molar-refractivity contribution in [3.63, 3.8) is 0 Å². The number of pyridine rings is 2. The van der Waals surface area contributed by atoms with Gasteiger partial charge in [-0.1, -0.05) is 24.3 Å². The zero-order valence-corrected chi connectivity index (χ0v) is 23.1. The first-order valence-corrected chi connectivity index (χ1v) is 13.7. The second kappa shape index (κ2) is 10.1. The van der Waals surface area contributed by atoms with E-state index >= 15 is 0 Å². The average molecular weight is 564 g/mol. The maximum Gasteiger partial charge on any atom is 0.257 e. The van der Waals surface area contributed by atoms with Gasteiger partial charge in [0, 0.05) is 36.2 Å². The molecule has 5 heterocycles. The molecule has 10 heteroatoms. The Kier molecular flexibility index (Phi) is 6.36. The van der Waals surface area contributed by atoms with Gasteiger partial charge in [-0.3, -0.25) is 19.6 Å². The third kappa shape index (κ3) is 4.36. The van der Waals surface area contributed by atoms with E-state index in [2.05, 4.69) is 25.5 Å². The summed E-state index contributed by atoms with van der Waals surface area (Å²) in [6, 6.07) is 22.1. The van der Waals surface area contributed by atoms with Crippen molar-refractivity contribution in [3.8, 4) is 0 Å². The van der Waals surface area contributed by atoms with Gasteiger partial charge in [0.2, 0.25) is 0 Å². The van der Waals surface area contributed by atoms with Gasteiger partial charge in [-0.05, 0) is 73.5 Å². The molecule has 7 rings (SSSR count). The number of anilines is 2. The number of carbonyl (C=O) groups is 2. The highest BCUT2D eigenvalue weighted by atomic mass is 16.7. The summed E-state index contributed by atoms with van der Waals surface area (Å²) in [6.07, 6.45) is 5.16. The van der Waals surface area contributed by atoms with Crippen LogP contribution in [0.4, 0.5) is 11.4 Å². The Morgan fingerprint density at radius 3 is 1.83 bits per heavy atom. The lowest BCUT2D eigenvalue weighted by Crippen LogP contribution is -2.40. The zero-order valence-electron chi connectivity index (χ0n) is 23.1. The summed E-state index contributed by atoms with van der Waals surface area (Å²) >= 11 is 0. The first-order valence-electron chi connectivity index (χ1n) is 13.7. The number of ether oxygens (including phenoxy) is 3. The van der Waals surface area contributed by atoms with Crippen molar-refractivity contribution in [1.82, 2.24) is 14.9 Å². The van der Waals surface area contributed by atoms with E-state index in [1.165, 1.54) is 12.4 Å². The SMILES string of the molecule is C[C@]1(c2cccc(NC(=O)c3cccnc3)c2)O[C@H]2CO[C@@H]3N2[C@H]1O[C@]3(C)c1cccc(NC(=O)c2cccnc2)c1. The van der Waals surface area contributed by atoms with Gasteiger partial charge < -0.3 is 24.8 Å². The molecule has 0 aliphatic carbocycles. The Hall–Kier alpha value is -4.48. The number of rotatable bonds is 6. The predicted molar refractivity (Wildman–Crippen MR) is 153 cm³/mol. The van der Waals surface area contributed by atoms with Crippen LogP contribution in [-0.4, -0.2) is 52.0 Å². The molecule has 0 unspecified atom stereocenters. The highest BCUT2D eigenvalue weighted by Gasteiger charge is 2.68. The van der Waals surface area contributed by atoms with Crippen molar-refractivity contribution < 1.29 is 23.8 Å². The molecular weight excluding hydrogens is 534 g/mol.